The molecule has 1 aliphatic heterocycles. The van der Waals surface area contributed by atoms with Crippen LogP contribution in [0.25, 0.3) is 0 Å². The average molecular weight is 310 g/mol. The molecule has 1 fully saturated rings. The highest BCUT2D eigenvalue weighted by Crippen LogP contribution is 2.20. The fourth-order valence-corrected chi connectivity index (χ4v) is 2.77. The van der Waals surface area contributed by atoms with Crippen molar-refractivity contribution >= 4 is 17.4 Å². The minimum absolute atomic E-state index is 0.0592. The molecule has 0 aliphatic carbocycles. The van der Waals surface area contributed by atoms with Crippen LogP contribution in [0.4, 0.5) is 0 Å². The van der Waals surface area contributed by atoms with Crippen LogP contribution in [0.1, 0.15) is 29.6 Å². The molecule has 2 N–H and O–H groups in total. The molecule has 0 bridgehead atoms. The zero-order valence-corrected chi connectivity index (χ0v) is 13.1. The molecular weight excluding hydrogens is 288 g/mol. The Morgan fingerprint density at radius 1 is 1.43 bits per heavy atom. The molecule has 115 valence electrons. The van der Waals surface area contributed by atoms with Gasteiger partial charge in [0.05, 0.1) is 18.5 Å². The summed E-state index contributed by atoms with van der Waals surface area (Å²) < 4.78 is 5.09. The maximum Gasteiger partial charge on any atom is 0.162 e. The van der Waals surface area contributed by atoms with Crippen LogP contribution in [0.5, 0.6) is 5.75 Å². The van der Waals surface area contributed by atoms with E-state index in [2.05, 4.69) is 4.90 Å². The van der Waals surface area contributed by atoms with Crippen LogP contribution < -0.4 is 10.5 Å². The summed E-state index contributed by atoms with van der Waals surface area (Å²) in [5, 5.41) is -0.0592. The first-order valence-electron chi connectivity index (χ1n) is 7.25. The molecule has 1 heterocycles. The maximum absolute atomic E-state index is 12.1. The molecule has 1 aromatic carbocycles. The number of methoxy groups -OCH3 is 1. The van der Waals surface area contributed by atoms with E-state index in [9.17, 15) is 4.79 Å². The zero-order chi connectivity index (χ0) is 15.2. The van der Waals surface area contributed by atoms with Gasteiger partial charge >= 0.3 is 0 Å². The van der Waals surface area contributed by atoms with Gasteiger partial charge in [-0.3, -0.25) is 4.79 Å². The Balaban J connectivity index is 1.74. The van der Waals surface area contributed by atoms with Crippen molar-refractivity contribution in [2.45, 2.75) is 24.6 Å². The normalized spacial score (nSPS) is 20.4. The molecule has 0 spiro atoms. The van der Waals surface area contributed by atoms with Crippen LogP contribution in [-0.4, -0.2) is 42.8 Å². The van der Waals surface area contributed by atoms with Gasteiger partial charge in [-0.25, -0.2) is 0 Å². The van der Waals surface area contributed by atoms with Crippen molar-refractivity contribution in [3.63, 3.8) is 0 Å². The molecule has 1 aromatic rings. The Labute approximate surface area is 131 Å². The van der Waals surface area contributed by atoms with Crippen LogP contribution in [0.3, 0.4) is 0 Å². The Bertz CT molecular complexity index is 464. The van der Waals surface area contributed by atoms with Gasteiger partial charge in [-0.15, -0.1) is 11.6 Å². The van der Waals surface area contributed by atoms with Gasteiger partial charge in [0, 0.05) is 25.1 Å². The minimum Gasteiger partial charge on any atom is -0.497 e. The summed E-state index contributed by atoms with van der Waals surface area (Å²) in [6.07, 6.45) is 2.24. The predicted molar refractivity (Wildman–Crippen MR) is 84.7 cm³/mol. The van der Waals surface area contributed by atoms with Crippen molar-refractivity contribution < 1.29 is 9.53 Å². The summed E-state index contributed by atoms with van der Waals surface area (Å²) in [5.41, 5.74) is 6.55. The van der Waals surface area contributed by atoms with Crippen LogP contribution in [0, 0.1) is 6.04 Å². The molecule has 1 atom stereocenters. The second kappa shape index (κ2) is 7.78. The molecule has 0 amide bonds. The highest BCUT2D eigenvalue weighted by molar-refractivity contribution is 6.22. The van der Waals surface area contributed by atoms with Crippen LogP contribution >= 0.6 is 11.6 Å². The third-order valence-electron chi connectivity index (χ3n) is 3.83. The average Bonchev–Trinajstić information content (AvgIpc) is 2.51. The third-order valence-corrected chi connectivity index (χ3v) is 4.25. The number of benzene rings is 1. The van der Waals surface area contributed by atoms with E-state index >= 15 is 0 Å². The summed E-state index contributed by atoms with van der Waals surface area (Å²) in [6.45, 7) is 2.61. The number of rotatable bonds is 6. The summed E-state index contributed by atoms with van der Waals surface area (Å²) in [7, 11) is 1.61. The summed E-state index contributed by atoms with van der Waals surface area (Å²) in [6, 6.07) is 8.13. The van der Waals surface area contributed by atoms with Crippen molar-refractivity contribution in [2.24, 2.45) is 5.73 Å². The number of ketones is 1. The highest BCUT2D eigenvalue weighted by atomic mass is 35.5. The lowest BCUT2D eigenvalue weighted by molar-refractivity contribution is 0.0973. The Kier molecular flexibility index (Phi) is 6.03. The Morgan fingerprint density at radius 2 is 2.14 bits per heavy atom. The number of Topliss-reactive ketones (excluding diaryl/α,β-unsaturated/α-hetero) is 1. The topological polar surface area (TPSA) is 55.6 Å². The molecule has 5 heteroatoms. The predicted octanol–water partition coefficient (Wildman–Crippen LogP) is 2.46. The molecule has 21 heavy (non-hydrogen) atoms. The molecule has 1 saturated heterocycles. The van der Waals surface area contributed by atoms with E-state index in [1.807, 2.05) is 24.3 Å². The van der Waals surface area contributed by atoms with Crippen molar-refractivity contribution in [1.82, 2.24) is 4.90 Å². The third kappa shape index (κ3) is 4.70. The summed E-state index contributed by atoms with van der Waals surface area (Å²) in [5.74, 6) is 0.935. The monoisotopic (exact) mass is 309 g/mol. The lowest BCUT2D eigenvalue weighted by Crippen LogP contribution is -2.43. The molecule has 2 rings (SSSR count). The number of alkyl halides is 1. The van der Waals surface area contributed by atoms with E-state index in [-0.39, 0.29) is 11.2 Å². The number of hydrogen-bond donors (Lipinski definition) is 1. The maximum atomic E-state index is 12.1. The lowest BCUT2D eigenvalue weighted by Gasteiger charge is -2.33. The molecule has 1 unspecified atom stereocenters. The molecule has 1 aliphatic rings. The lowest BCUT2D eigenvalue weighted by atomic mass is 10.0. The second-order valence-electron chi connectivity index (χ2n) is 5.35. The number of nitrogens with zero attached hydrogens (tertiary/aromatic N) is 1. The van der Waals surface area contributed by atoms with Crippen molar-refractivity contribution in [2.75, 3.05) is 26.7 Å². The first kappa shape index (κ1) is 16.3. The number of halogens is 1. The minimum atomic E-state index is -0.0592. The van der Waals surface area contributed by atoms with Crippen molar-refractivity contribution in [3.05, 3.63) is 35.9 Å². The number of piperidine rings is 1. The smallest absolute Gasteiger partial charge is 0.162 e. The number of carbonyl (C=O) groups excluding carboxylic acids is 1. The second-order valence-corrected chi connectivity index (χ2v) is 5.88. The van der Waals surface area contributed by atoms with Gasteiger partial charge in [-0.1, -0.05) is 0 Å². The fraction of sp³-hybridized carbons (Fsp3) is 0.500. The zero-order valence-electron chi connectivity index (χ0n) is 12.3. The number of ether oxygens (including phenoxy) is 1. The highest BCUT2D eigenvalue weighted by Gasteiger charge is 2.25. The van der Waals surface area contributed by atoms with Gasteiger partial charge in [-0.05, 0) is 43.7 Å². The van der Waals surface area contributed by atoms with Crippen LogP contribution in [-0.2, 0) is 0 Å². The standard InChI is InChI=1S/C16H22ClN2O2/c1-21-13-6-4-12(5-7-13)16(20)3-2-9-19-10-8-15(18)14(17)11-19/h4-7,14H,2-3,8-11,18H2,1H3. The van der Waals surface area contributed by atoms with E-state index in [0.717, 1.165) is 49.8 Å². The SMILES string of the molecule is COc1ccc(C(=O)CCCN2CC[C](N)C(Cl)C2)cc1. The first-order valence-corrected chi connectivity index (χ1v) is 7.68. The first-order chi connectivity index (χ1) is 10.1. The van der Waals surface area contributed by atoms with Gasteiger partial charge in [-0.2, -0.15) is 0 Å². The van der Waals surface area contributed by atoms with Crippen LogP contribution in [0.2, 0.25) is 0 Å². The molecular formula is C16H22ClN2O2. The van der Waals surface area contributed by atoms with Crippen molar-refractivity contribution in [1.29, 1.82) is 0 Å². The van der Waals surface area contributed by atoms with E-state index in [0.29, 0.717) is 6.42 Å². The van der Waals surface area contributed by atoms with E-state index in [1.54, 1.807) is 7.11 Å². The molecule has 0 aromatic heterocycles. The van der Waals surface area contributed by atoms with Gasteiger partial charge in [0.1, 0.15) is 5.75 Å². The van der Waals surface area contributed by atoms with E-state index < -0.39 is 0 Å². The van der Waals surface area contributed by atoms with Crippen LogP contribution in [0.15, 0.2) is 24.3 Å². The number of likely N-dealkylation sites (tertiary alicyclic amines) is 1. The number of hydrogen-bond acceptors (Lipinski definition) is 4. The summed E-state index contributed by atoms with van der Waals surface area (Å²) >= 11 is 6.15. The summed E-state index contributed by atoms with van der Waals surface area (Å²) in [4.78, 5) is 14.4. The van der Waals surface area contributed by atoms with E-state index in [4.69, 9.17) is 22.1 Å². The van der Waals surface area contributed by atoms with Gasteiger partial charge in [0.2, 0.25) is 0 Å². The molecule has 4 nitrogen and oxygen atoms in total. The largest absolute Gasteiger partial charge is 0.497 e. The van der Waals surface area contributed by atoms with Gasteiger partial charge < -0.3 is 15.4 Å². The molecule has 1 radical (unpaired) electrons. The number of nitrogens with two attached hydrogens (primary N) is 1. The van der Waals surface area contributed by atoms with Crippen molar-refractivity contribution in [3.8, 4) is 5.75 Å². The number of carbonyl (C=O) groups is 1. The molecule has 0 saturated carbocycles. The van der Waals surface area contributed by atoms with Gasteiger partial charge in [0.15, 0.2) is 5.78 Å². The quantitative estimate of drug-likeness (QED) is 0.648. The Hall–Kier alpha value is -1.10. The van der Waals surface area contributed by atoms with Gasteiger partial charge in [0.25, 0.3) is 0 Å². The van der Waals surface area contributed by atoms with E-state index in [1.165, 1.54) is 0 Å². The fourth-order valence-electron chi connectivity index (χ4n) is 2.47. The Morgan fingerprint density at radius 3 is 2.76 bits per heavy atom.